The van der Waals surface area contributed by atoms with Crippen LogP contribution in [0, 0.1) is 0 Å². The van der Waals surface area contributed by atoms with Gasteiger partial charge in [-0.3, -0.25) is 4.68 Å². The first-order valence-corrected chi connectivity index (χ1v) is 10.0. The number of urea groups is 1. The number of aromatic nitrogens is 2. The molecule has 9 nitrogen and oxygen atoms in total. The molecule has 2 fully saturated rings. The molecule has 0 radical (unpaired) electrons. The Morgan fingerprint density at radius 1 is 0.960 bits per heavy atom. The Morgan fingerprint density at radius 3 is 2.24 bits per heavy atom. The summed E-state index contributed by atoms with van der Waals surface area (Å²) in [6, 6.07) is 0.0220. The summed E-state index contributed by atoms with van der Waals surface area (Å²) in [5.41, 5.74) is 0. The van der Waals surface area contributed by atoms with Crippen molar-refractivity contribution in [3.05, 3.63) is 12.4 Å². The van der Waals surface area contributed by atoms with Crippen LogP contribution in [0.25, 0.3) is 0 Å². The van der Waals surface area contributed by atoms with E-state index in [0.29, 0.717) is 32.6 Å². The first-order chi connectivity index (χ1) is 11.9. The molecule has 0 saturated carbocycles. The Morgan fingerprint density at radius 2 is 1.60 bits per heavy atom. The topological polar surface area (TPSA) is 82.0 Å². The van der Waals surface area contributed by atoms with Crippen LogP contribution in [0.5, 0.6) is 0 Å². The number of sulfonamides is 1. The third-order valence-electron chi connectivity index (χ3n) is 4.82. The van der Waals surface area contributed by atoms with Crippen LogP contribution in [0.4, 0.5) is 4.79 Å². The fourth-order valence-corrected chi connectivity index (χ4v) is 4.66. The minimum absolute atomic E-state index is 0.0220. The Bertz CT molecular complexity index is 711. The highest BCUT2D eigenvalue weighted by molar-refractivity contribution is 7.89. The Kier molecular flexibility index (Phi) is 5.30. The van der Waals surface area contributed by atoms with Gasteiger partial charge in [-0.05, 0) is 13.5 Å². The van der Waals surface area contributed by atoms with Gasteiger partial charge < -0.3 is 14.7 Å². The zero-order valence-corrected chi connectivity index (χ0v) is 15.7. The van der Waals surface area contributed by atoms with Gasteiger partial charge in [0.05, 0.1) is 6.20 Å². The first kappa shape index (κ1) is 18.2. The van der Waals surface area contributed by atoms with Gasteiger partial charge in [-0.2, -0.15) is 9.40 Å². The normalized spacial score (nSPS) is 21.4. The molecule has 1 aromatic rings. The van der Waals surface area contributed by atoms with Gasteiger partial charge in [0, 0.05) is 65.6 Å². The molecule has 3 rings (SSSR count). The summed E-state index contributed by atoms with van der Waals surface area (Å²) in [6.07, 6.45) is 3.51. The molecular formula is C15H26N6O3S. The summed E-state index contributed by atoms with van der Waals surface area (Å²) >= 11 is 0. The van der Waals surface area contributed by atoms with Crippen LogP contribution >= 0.6 is 0 Å². The molecule has 10 heteroatoms. The Hall–Kier alpha value is -1.65. The fraction of sp³-hybridized carbons (Fsp3) is 0.733. The quantitative estimate of drug-likeness (QED) is 0.700. The van der Waals surface area contributed by atoms with Crippen molar-refractivity contribution < 1.29 is 13.2 Å². The van der Waals surface area contributed by atoms with Crippen molar-refractivity contribution in [2.24, 2.45) is 7.05 Å². The van der Waals surface area contributed by atoms with Gasteiger partial charge in [-0.1, -0.05) is 0 Å². The second-order valence-electron chi connectivity index (χ2n) is 6.67. The maximum atomic E-state index is 12.7. The van der Waals surface area contributed by atoms with E-state index in [2.05, 4.69) is 17.0 Å². The largest absolute Gasteiger partial charge is 0.323 e. The Labute approximate surface area is 148 Å². The van der Waals surface area contributed by atoms with E-state index in [1.54, 1.807) is 11.9 Å². The Balaban J connectivity index is 1.63. The molecule has 0 N–H and O–H groups in total. The number of likely N-dealkylation sites (N-methyl/N-ethyl adjacent to an activating group) is 1. The van der Waals surface area contributed by atoms with Gasteiger partial charge in [0.1, 0.15) is 4.90 Å². The molecule has 1 aromatic heterocycles. The lowest BCUT2D eigenvalue weighted by Crippen LogP contribution is -2.52. The molecule has 0 aromatic carbocycles. The zero-order chi connectivity index (χ0) is 18.0. The van der Waals surface area contributed by atoms with Crippen molar-refractivity contribution in [2.75, 3.05) is 59.4 Å². The molecule has 2 saturated heterocycles. The molecule has 2 aliphatic rings. The summed E-state index contributed by atoms with van der Waals surface area (Å²) in [5, 5.41) is 3.95. The lowest BCUT2D eigenvalue weighted by atomic mass is 10.3. The third-order valence-corrected chi connectivity index (χ3v) is 6.67. The highest BCUT2D eigenvalue weighted by atomic mass is 32.2. The SMILES string of the molecule is CN1CCN(C(=O)N2CCCN(S(=O)(=O)c3cnn(C)c3)CC2)CC1. The number of rotatable bonds is 2. The lowest BCUT2D eigenvalue weighted by Gasteiger charge is -2.35. The maximum absolute atomic E-state index is 12.7. The van der Waals surface area contributed by atoms with E-state index < -0.39 is 10.0 Å². The number of nitrogens with zero attached hydrogens (tertiary/aromatic N) is 6. The van der Waals surface area contributed by atoms with E-state index in [9.17, 15) is 13.2 Å². The van der Waals surface area contributed by atoms with Crippen molar-refractivity contribution in [3.63, 3.8) is 0 Å². The van der Waals surface area contributed by atoms with Gasteiger partial charge in [0.2, 0.25) is 10.0 Å². The van der Waals surface area contributed by atoms with Gasteiger partial charge in [-0.25, -0.2) is 13.2 Å². The van der Waals surface area contributed by atoms with Crippen molar-refractivity contribution in [1.29, 1.82) is 0 Å². The maximum Gasteiger partial charge on any atom is 0.320 e. The number of hydrogen-bond donors (Lipinski definition) is 0. The molecule has 25 heavy (non-hydrogen) atoms. The molecule has 140 valence electrons. The lowest BCUT2D eigenvalue weighted by molar-refractivity contribution is 0.124. The van der Waals surface area contributed by atoms with Crippen LogP contribution in [0.2, 0.25) is 0 Å². The van der Waals surface area contributed by atoms with Crippen LogP contribution in [0.15, 0.2) is 17.3 Å². The average Bonchev–Trinajstić information content (AvgIpc) is 2.88. The van der Waals surface area contributed by atoms with E-state index in [1.165, 1.54) is 21.4 Å². The van der Waals surface area contributed by atoms with E-state index in [0.717, 1.165) is 26.2 Å². The number of carbonyl (C=O) groups is 1. The molecular weight excluding hydrogens is 344 g/mol. The van der Waals surface area contributed by atoms with E-state index in [1.807, 2.05) is 4.90 Å². The van der Waals surface area contributed by atoms with Crippen LogP contribution in [-0.4, -0.2) is 103 Å². The predicted molar refractivity (Wildman–Crippen MR) is 92.6 cm³/mol. The van der Waals surface area contributed by atoms with Gasteiger partial charge in [-0.15, -0.1) is 0 Å². The summed E-state index contributed by atoms with van der Waals surface area (Å²) in [5.74, 6) is 0. The molecule has 2 aliphatic heterocycles. The highest BCUT2D eigenvalue weighted by Gasteiger charge is 2.31. The smallest absolute Gasteiger partial charge is 0.320 e. The second-order valence-corrected chi connectivity index (χ2v) is 8.61. The third kappa shape index (κ3) is 3.96. The van der Waals surface area contributed by atoms with E-state index in [-0.39, 0.29) is 10.9 Å². The monoisotopic (exact) mass is 370 g/mol. The van der Waals surface area contributed by atoms with Crippen LogP contribution in [-0.2, 0) is 17.1 Å². The summed E-state index contributed by atoms with van der Waals surface area (Å²) in [6.45, 7) is 4.95. The molecule has 3 heterocycles. The molecule has 0 atom stereocenters. The van der Waals surface area contributed by atoms with Crippen molar-refractivity contribution >= 4 is 16.1 Å². The van der Waals surface area contributed by atoms with Crippen molar-refractivity contribution in [2.45, 2.75) is 11.3 Å². The number of amides is 2. The van der Waals surface area contributed by atoms with Crippen LogP contribution in [0.1, 0.15) is 6.42 Å². The molecule has 0 bridgehead atoms. The summed E-state index contributed by atoms with van der Waals surface area (Å²) < 4.78 is 28.4. The number of aryl methyl sites for hydroxylation is 1. The van der Waals surface area contributed by atoms with Gasteiger partial charge >= 0.3 is 6.03 Å². The van der Waals surface area contributed by atoms with Crippen molar-refractivity contribution in [1.82, 2.24) is 28.8 Å². The van der Waals surface area contributed by atoms with Crippen molar-refractivity contribution in [3.8, 4) is 0 Å². The summed E-state index contributed by atoms with van der Waals surface area (Å²) in [7, 11) is 0.189. The van der Waals surface area contributed by atoms with E-state index in [4.69, 9.17) is 0 Å². The molecule has 2 amide bonds. The number of carbonyl (C=O) groups excluding carboxylic acids is 1. The van der Waals surface area contributed by atoms with Gasteiger partial charge in [0.15, 0.2) is 0 Å². The summed E-state index contributed by atoms with van der Waals surface area (Å²) in [4.78, 5) is 18.7. The number of hydrogen-bond acceptors (Lipinski definition) is 5. The van der Waals surface area contributed by atoms with Crippen LogP contribution < -0.4 is 0 Å². The fourth-order valence-electron chi connectivity index (χ4n) is 3.20. The molecule has 0 spiro atoms. The van der Waals surface area contributed by atoms with E-state index >= 15 is 0 Å². The predicted octanol–water partition coefficient (Wildman–Crippen LogP) is -0.516. The zero-order valence-electron chi connectivity index (χ0n) is 14.8. The average molecular weight is 370 g/mol. The first-order valence-electron chi connectivity index (χ1n) is 8.59. The highest BCUT2D eigenvalue weighted by Crippen LogP contribution is 2.17. The minimum Gasteiger partial charge on any atom is -0.323 e. The van der Waals surface area contributed by atoms with Crippen LogP contribution in [0.3, 0.4) is 0 Å². The molecule has 0 unspecified atom stereocenters. The standard InChI is InChI=1S/C15H26N6O3S/c1-17-6-8-20(9-7-17)15(22)19-4-3-5-21(11-10-19)25(23,24)14-12-16-18(2)13-14/h12-13H,3-11H2,1-2H3. The second kappa shape index (κ2) is 7.30. The minimum atomic E-state index is -3.55. The number of piperazine rings is 1. The van der Waals surface area contributed by atoms with Gasteiger partial charge in [0.25, 0.3) is 0 Å². The molecule has 0 aliphatic carbocycles.